The molecule has 0 heterocycles. The highest BCUT2D eigenvalue weighted by molar-refractivity contribution is 5.80. The normalized spacial score (nSPS) is 12.3. The number of ether oxygens (including phenoxy) is 1. The molecule has 0 aromatic carbocycles. The van der Waals surface area contributed by atoms with Crippen molar-refractivity contribution in [1.82, 2.24) is 10.6 Å². The summed E-state index contributed by atoms with van der Waals surface area (Å²) in [6.45, 7) is 3.85. The topological polar surface area (TPSA) is 87.7 Å². The summed E-state index contributed by atoms with van der Waals surface area (Å²) in [4.78, 5) is 21.9. The molecule has 1 unspecified atom stereocenters. The number of carbonyl (C=O) groups excluding carboxylic acids is 2. The number of hydrogen-bond acceptors (Lipinski definition) is 5. The lowest BCUT2D eigenvalue weighted by Crippen LogP contribution is -2.42. The van der Waals surface area contributed by atoms with Crippen molar-refractivity contribution in [3.05, 3.63) is 0 Å². The number of hydrogen-bond donors (Lipinski definition) is 3. The van der Waals surface area contributed by atoms with Gasteiger partial charge in [0.25, 0.3) is 0 Å². The summed E-state index contributed by atoms with van der Waals surface area (Å²) < 4.78 is 4.29. The fourth-order valence-electron chi connectivity index (χ4n) is 0.789. The fourth-order valence-corrected chi connectivity index (χ4v) is 0.789. The molecule has 0 radical (unpaired) electrons. The van der Waals surface area contributed by atoms with Gasteiger partial charge in [0, 0.05) is 6.04 Å². The van der Waals surface area contributed by atoms with Gasteiger partial charge in [-0.05, 0) is 0 Å². The second-order valence-corrected chi connectivity index (χ2v) is 3.38. The highest BCUT2D eigenvalue weighted by atomic mass is 16.5. The number of aliphatic hydroxyl groups excluding tert-OH is 1. The third-order valence-electron chi connectivity index (χ3n) is 1.64. The maximum atomic E-state index is 11.1. The first kappa shape index (κ1) is 13.9. The highest BCUT2D eigenvalue weighted by Crippen LogP contribution is 1.84. The van der Waals surface area contributed by atoms with Gasteiger partial charge in [-0.25, -0.2) is 4.79 Å². The van der Waals surface area contributed by atoms with Crippen LogP contribution in [-0.4, -0.2) is 49.3 Å². The van der Waals surface area contributed by atoms with Gasteiger partial charge in [0.15, 0.2) is 6.10 Å². The number of aliphatic hydroxyl groups is 1. The average Bonchev–Trinajstić information content (AvgIpc) is 2.21. The quantitative estimate of drug-likeness (QED) is 0.479. The van der Waals surface area contributed by atoms with Crippen molar-refractivity contribution >= 4 is 11.9 Å². The molecule has 0 spiro atoms. The molecular formula is C9H18N2O4. The van der Waals surface area contributed by atoms with E-state index in [0.29, 0.717) is 0 Å². The first-order valence-corrected chi connectivity index (χ1v) is 4.73. The molecule has 0 aliphatic carbocycles. The van der Waals surface area contributed by atoms with Crippen LogP contribution < -0.4 is 10.6 Å². The van der Waals surface area contributed by atoms with Crippen LogP contribution in [0.1, 0.15) is 13.8 Å². The number of methoxy groups -OCH3 is 1. The van der Waals surface area contributed by atoms with Crippen LogP contribution in [0.4, 0.5) is 0 Å². The van der Waals surface area contributed by atoms with E-state index in [4.69, 9.17) is 5.11 Å². The number of carbonyl (C=O) groups is 2. The van der Waals surface area contributed by atoms with Gasteiger partial charge in [-0.15, -0.1) is 0 Å². The van der Waals surface area contributed by atoms with Crippen molar-refractivity contribution in [2.75, 3.05) is 20.2 Å². The largest absolute Gasteiger partial charge is 0.467 e. The van der Waals surface area contributed by atoms with Gasteiger partial charge >= 0.3 is 5.97 Å². The standard InChI is InChI=1S/C9H18N2O4/c1-6(2)10-5-8(13)11-4-7(12)9(14)15-3/h6-7,10,12H,4-5H2,1-3H3,(H,11,13). The van der Waals surface area contributed by atoms with E-state index in [1.807, 2.05) is 13.8 Å². The number of amides is 1. The lowest BCUT2D eigenvalue weighted by atomic mass is 10.3. The van der Waals surface area contributed by atoms with E-state index in [0.717, 1.165) is 0 Å². The Bertz CT molecular complexity index is 218. The van der Waals surface area contributed by atoms with Crippen molar-refractivity contribution in [2.24, 2.45) is 0 Å². The SMILES string of the molecule is COC(=O)C(O)CNC(=O)CNC(C)C. The van der Waals surface area contributed by atoms with Crippen LogP contribution in [0.5, 0.6) is 0 Å². The lowest BCUT2D eigenvalue weighted by Gasteiger charge is -2.11. The second kappa shape index (κ2) is 7.19. The monoisotopic (exact) mass is 218 g/mol. The van der Waals surface area contributed by atoms with Crippen molar-refractivity contribution in [3.8, 4) is 0 Å². The summed E-state index contributed by atoms with van der Waals surface area (Å²) in [6.07, 6.45) is -1.31. The van der Waals surface area contributed by atoms with E-state index < -0.39 is 12.1 Å². The van der Waals surface area contributed by atoms with Crippen LogP contribution in [0.25, 0.3) is 0 Å². The van der Waals surface area contributed by atoms with Crippen molar-refractivity contribution in [3.63, 3.8) is 0 Å². The summed E-state index contributed by atoms with van der Waals surface area (Å²) in [5.41, 5.74) is 0. The van der Waals surface area contributed by atoms with E-state index in [1.165, 1.54) is 7.11 Å². The predicted octanol–water partition coefficient (Wildman–Crippen LogP) is -1.37. The Balaban J connectivity index is 3.66. The van der Waals surface area contributed by atoms with Crippen LogP contribution >= 0.6 is 0 Å². The zero-order valence-corrected chi connectivity index (χ0v) is 9.24. The molecule has 0 aliphatic rings. The van der Waals surface area contributed by atoms with E-state index >= 15 is 0 Å². The third kappa shape index (κ3) is 6.87. The van der Waals surface area contributed by atoms with Crippen LogP contribution in [0.3, 0.4) is 0 Å². The first-order valence-electron chi connectivity index (χ1n) is 4.73. The Morgan fingerprint density at radius 2 is 2.00 bits per heavy atom. The first-order chi connectivity index (χ1) is 6.97. The lowest BCUT2D eigenvalue weighted by molar-refractivity contribution is -0.150. The molecule has 0 saturated carbocycles. The summed E-state index contributed by atoms with van der Waals surface area (Å²) in [5, 5.41) is 14.4. The van der Waals surface area contributed by atoms with E-state index in [-0.39, 0.29) is 25.0 Å². The molecule has 0 rings (SSSR count). The molecule has 0 aromatic rings. The minimum Gasteiger partial charge on any atom is -0.467 e. The Hall–Kier alpha value is -1.14. The number of nitrogens with one attached hydrogen (secondary N) is 2. The highest BCUT2D eigenvalue weighted by Gasteiger charge is 2.15. The van der Waals surface area contributed by atoms with Crippen molar-refractivity contribution in [1.29, 1.82) is 0 Å². The van der Waals surface area contributed by atoms with Gasteiger partial charge in [-0.3, -0.25) is 4.79 Å². The fraction of sp³-hybridized carbons (Fsp3) is 0.778. The maximum absolute atomic E-state index is 11.1. The van der Waals surface area contributed by atoms with Gasteiger partial charge in [-0.2, -0.15) is 0 Å². The molecule has 0 fully saturated rings. The molecule has 1 atom stereocenters. The van der Waals surface area contributed by atoms with Gasteiger partial charge < -0.3 is 20.5 Å². The Morgan fingerprint density at radius 1 is 1.40 bits per heavy atom. The van der Waals surface area contributed by atoms with Crippen molar-refractivity contribution in [2.45, 2.75) is 26.0 Å². The summed E-state index contributed by atoms with van der Waals surface area (Å²) in [7, 11) is 1.17. The molecule has 0 aliphatic heterocycles. The molecule has 6 heteroatoms. The van der Waals surface area contributed by atoms with Crippen LogP contribution in [0.15, 0.2) is 0 Å². The molecule has 15 heavy (non-hydrogen) atoms. The minimum atomic E-state index is -1.31. The van der Waals surface area contributed by atoms with Crippen LogP contribution in [0.2, 0.25) is 0 Å². The molecular weight excluding hydrogens is 200 g/mol. The Morgan fingerprint density at radius 3 is 2.47 bits per heavy atom. The zero-order valence-electron chi connectivity index (χ0n) is 9.24. The van der Waals surface area contributed by atoms with Gasteiger partial charge in [0.1, 0.15) is 0 Å². The van der Waals surface area contributed by atoms with Gasteiger partial charge in [0.05, 0.1) is 20.2 Å². The molecule has 0 saturated heterocycles. The Labute approximate surface area is 89.0 Å². The van der Waals surface area contributed by atoms with Gasteiger partial charge in [0.2, 0.25) is 5.91 Å². The number of esters is 1. The minimum absolute atomic E-state index is 0.134. The number of rotatable bonds is 6. The molecule has 0 aromatic heterocycles. The second-order valence-electron chi connectivity index (χ2n) is 3.38. The maximum Gasteiger partial charge on any atom is 0.336 e. The zero-order chi connectivity index (χ0) is 11.8. The predicted molar refractivity (Wildman–Crippen MR) is 54.2 cm³/mol. The van der Waals surface area contributed by atoms with Crippen LogP contribution in [0, 0.1) is 0 Å². The van der Waals surface area contributed by atoms with Gasteiger partial charge in [-0.1, -0.05) is 13.8 Å². The summed E-state index contributed by atoms with van der Waals surface area (Å²) >= 11 is 0. The molecule has 6 nitrogen and oxygen atoms in total. The van der Waals surface area contributed by atoms with E-state index in [1.54, 1.807) is 0 Å². The third-order valence-corrected chi connectivity index (χ3v) is 1.64. The molecule has 3 N–H and O–H groups in total. The van der Waals surface area contributed by atoms with Crippen molar-refractivity contribution < 1.29 is 19.4 Å². The Kier molecular flexibility index (Phi) is 6.64. The summed E-state index contributed by atoms with van der Waals surface area (Å²) in [6, 6.07) is 0.210. The van der Waals surface area contributed by atoms with E-state index in [2.05, 4.69) is 15.4 Å². The van der Waals surface area contributed by atoms with E-state index in [9.17, 15) is 9.59 Å². The smallest absolute Gasteiger partial charge is 0.336 e. The molecule has 0 bridgehead atoms. The molecule has 1 amide bonds. The summed E-state index contributed by atoms with van der Waals surface area (Å²) in [5.74, 6) is -1.03. The van der Waals surface area contributed by atoms with Crippen LogP contribution in [-0.2, 0) is 14.3 Å². The molecule has 88 valence electrons. The average molecular weight is 218 g/mol.